The zero-order valence-corrected chi connectivity index (χ0v) is 9.46. The van der Waals surface area contributed by atoms with Crippen LogP contribution in [0.1, 0.15) is 36.0 Å². The number of carbonyl (C=O) groups excluding carboxylic acids is 1. The molecule has 0 atom stereocenters. The first kappa shape index (κ1) is 12.2. The van der Waals surface area contributed by atoms with Gasteiger partial charge >= 0.3 is 0 Å². The van der Waals surface area contributed by atoms with E-state index in [-0.39, 0.29) is 5.78 Å². The van der Waals surface area contributed by atoms with Gasteiger partial charge in [0.25, 0.3) is 0 Å². The number of carbonyl (C=O) groups is 1. The van der Waals surface area contributed by atoms with Crippen molar-refractivity contribution >= 4 is 17.4 Å². The van der Waals surface area contributed by atoms with Gasteiger partial charge in [-0.1, -0.05) is 18.0 Å². The number of halogens is 1. The van der Waals surface area contributed by atoms with Gasteiger partial charge in [-0.3, -0.25) is 4.79 Å². The first-order valence-corrected chi connectivity index (χ1v) is 5.60. The van der Waals surface area contributed by atoms with Crippen LogP contribution >= 0.6 is 11.6 Å². The molecule has 0 saturated carbocycles. The molecular formula is C12H16ClNO. The molecule has 0 fully saturated rings. The van der Waals surface area contributed by atoms with Gasteiger partial charge in [-0.15, -0.1) is 0 Å². The summed E-state index contributed by atoms with van der Waals surface area (Å²) in [6.45, 7) is 0.704. The molecule has 0 amide bonds. The summed E-state index contributed by atoms with van der Waals surface area (Å²) in [5, 5.41) is 0.662. The molecule has 0 aliphatic rings. The topological polar surface area (TPSA) is 43.1 Å². The quantitative estimate of drug-likeness (QED) is 0.597. The van der Waals surface area contributed by atoms with Crippen molar-refractivity contribution in [2.24, 2.45) is 5.73 Å². The lowest BCUT2D eigenvalue weighted by atomic mass is 10.0. The van der Waals surface area contributed by atoms with Gasteiger partial charge in [0.05, 0.1) is 0 Å². The highest BCUT2D eigenvalue weighted by atomic mass is 35.5. The number of Topliss-reactive ketones (excluding diaryl/α,β-unsaturated/α-hetero) is 1. The van der Waals surface area contributed by atoms with Gasteiger partial charge in [-0.05, 0) is 43.7 Å². The van der Waals surface area contributed by atoms with Crippen molar-refractivity contribution in [2.45, 2.75) is 25.7 Å². The number of ketones is 1. The highest BCUT2D eigenvalue weighted by Gasteiger charge is 2.04. The monoisotopic (exact) mass is 225 g/mol. The summed E-state index contributed by atoms with van der Waals surface area (Å²) in [4.78, 5) is 11.6. The van der Waals surface area contributed by atoms with Crippen LogP contribution in [0.5, 0.6) is 0 Å². The van der Waals surface area contributed by atoms with E-state index in [4.69, 9.17) is 17.3 Å². The van der Waals surface area contributed by atoms with Gasteiger partial charge in [-0.2, -0.15) is 0 Å². The third-order valence-electron chi connectivity index (χ3n) is 2.27. The van der Waals surface area contributed by atoms with E-state index in [0.29, 0.717) is 18.0 Å². The first-order valence-electron chi connectivity index (χ1n) is 5.23. The van der Waals surface area contributed by atoms with E-state index in [2.05, 4.69) is 0 Å². The van der Waals surface area contributed by atoms with Crippen molar-refractivity contribution in [2.75, 3.05) is 6.54 Å². The third kappa shape index (κ3) is 4.45. The fourth-order valence-electron chi connectivity index (χ4n) is 1.39. The SMILES string of the molecule is NCCCCCC(=O)c1ccc(Cl)cc1. The van der Waals surface area contributed by atoms with Crippen molar-refractivity contribution < 1.29 is 4.79 Å². The van der Waals surface area contributed by atoms with Gasteiger partial charge in [0.1, 0.15) is 0 Å². The maximum absolute atomic E-state index is 11.6. The predicted octanol–water partition coefficient (Wildman–Crippen LogP) is 3.04. The van der Waals surface area contributed by atoms with E-state index < -0.39 is 0 Å². The highest BCUT2D eigenvalue weighted by Crippen LogP contribution is 2.12. The minimum atomic E-state index is 0.184. The molecule has 1 aromatic carbocycles. The van der Waals surface area contributed by atoms with E-state index in [1.807, 2.05) is 0 Å². The maximum Gasteiger partial charge on any atom is 0.162 e. The number of hydrogen-bond donors (Lipinski definition) is 1. The lowest BCUT2D eigenvalue weighted by Gasteiger charge is -2.00. The van der Waals surface area contributed by atoms with E-state index in [0.717, 1.165) is 24.8 Å². The van der Waals surface area contributed by atoms with Crippen LogP contribution in [0.15, 0.2) is 24.3 Å². The Labute approximate surface area is 95.4 Å². The first-order chi connectivity index (χ1) is 7.24. The Hall–Kier alpha value is -0.860. The third-order valence-corrected chi connectivity index (χ3v) is 2.53. The Morgan fingerprint density at radius 1 is 1.13 bits per heavy atom. The fraction of sp³-hybridized carbons (Fsp3) is 0.417. The molecule has 0 radical (unpaired) electrons. The molecule has 1 rings (SSSR count). The molecule has 1 aromatic rings. The van der Waals surface area contributed by atoms with E-state index in [1.54, 1.807) is 24.3 Å². The second kappa shape index (κ2) is 6.59. The number of unbranched alkanes of at least 4 members (excludes halogenated alkanes) is 2. The van der Waals surface area contributed by atoms with E-state index in [1.165, 1.54) is 0 Å². The van der Waals surface area contributed by atoms with Crippen molar-refractivity contribution in [1.82, 2.24) is 0 Å². The maximum atomic E-state index is 11.6. The lowest BCUT2D eigenvalue weighted by Crippen LogP contribution is -2.01. The summed E-state index contributed by atoms with van der Waals surface area (Å²) in [6, 6.07) is 7.03. The molecule has 0 spiro atoms. The Morgan fingerprint density at radius 3 is 2.40 bits per heavy atom. The van der Waals surface area contributed by atoms with E-state index >= 15 is 0 Å². The average Bonchev–Trinajstić information content (AvgIpc) is 2.25. The molecule has 0 heterocycles. The van der Waals surface area contributed by atoms with Crippen molar-refractivity contribution in [3.8, 4) is 0 Å². The standard InChI is InChI=1S/C12H16ClNO/c13-11-7-5-10(6-8-11)12(15)4-2-1-3-9-14/h5-8H,1-4,9,14H2. The predicted molar refractivity (Wildman–Crippen MR) is 63.3 cm³/mol. The molecule has 0 unspecified atom stereocenters. The van der Waals surface area contributed by atoms with Crippen molar-refractivity contribution in [3.05, 3.63) is 34.9 Å². The molecule has 0 aliphatic heterocycles. The van der Waals surface area contributed by atoms with Crippen LogP contribution < -0.4 is 5.73 Å². The van der Waals surface area contributed by atoms with Crippen LogP contribution in [0.25, 0.3) is 0 Å². The summed E-state index contributed by atoms with van der Waals surface area (Å²) in [7, 11) is 0. The summed E-state index contributed by atoms with van der Waals surface area (Å²) >= 11 is 5.74. The summed E-state index contributed by atoms with van der Waals surface area (Å²) in [5.74, 6) is 0.184. The van der Waals surface area contributed by atoms with Crippen LogP contribution in [-0.4, -0.2) is 12.3 Å². The molecule has 0 aliphatic carbocycles. The Kier molecular flexibility index (Phi) is 5.37. The number of hydrogen-bond acceptors (Lipinski definition) is 2. The van der Waals surface area contributed by atoms with Crippen LogP contribution in [-0.2, 0) is 0 Å². The van der Waals surface area contributed by atoms with Crippen molar-refractivity contribution in [1.29, 1.82) is 0 Å². The average molecular weight is 226 g/mol. The molecule has 0 bridgehead atoms. The zero-order chi connectivity index (χ0) is 11.1. The minimum absolute atomic E-state index is 0.184. The summed E-state index contributed by atoms with van der Waals surface area (Å²) in [6.07, 6.45) is 3.53. The molecule has 2 nitrogen and oxygen atoms in total. The van der Waals surface area contributed by atoms with Crippen LogP contribution in [0.3, 0.4) is 0 Å². The summed E-state index contributed by atoms with van der Waals surface area (Å²) in [5.41, 5.74) is 6.12. The molecule has 82 valence electrons. The summed E-state index contributed by atoms with van der Waals surface area (Å²) < 4.78 is 0. The van der Waals surface area contributed by atoms with Crippen molar-refractivity contribution in [3.63, 3.8) is 0 Å². The minimum Gasteiger partial charge on any atom is -0.330 e. The largest absolute Gasteiger partial charge is 0.330 e. The van der Waals surface area contributed by atoms with E-state index in [9.17, 15) is 4.79 Å². The Balaban J connectivity index is 2.37. The van der Waals surface area contributed by atoms with Crippen LogP contribution in [0.2, 0.25) is 5.02 Å². The Bertz CT molecular complexity index is 308. The van der Waals surface area contributed by atoms with Gasteiger partial charge in [-0.25, -0.2) is 0 Å². The van der Waals surface area contributed by atoms with Gasteiger partial charge in [0.15, 0.2) is 5.78 Å². The van der Waals surface area contributed by atoms with Gasteiger partial charge in [0.2, 0.25) is 0 Å². The normalized spacial score (nSPS) is 10.3. The fourth-order valence-corrected chi connectivity index (χ4v) is 1.51. The molecule has 0 aromatic heterocycles. The molecule has 15 heavy (non-hydrogen) atoms. The highest BCUT2D eigenvalue weighted by molar-refractivity contribution is 6.30. The number of rotatable bonds is 6. The smallest absolute Gasteiger partial charge is 0.162 e. The molecular weight excluding hydrogens is 210 g/mol. The zero-order valence-electron chi connectivity index (χ0n) is 8.71. The number of benzene rings is 1. The molecule has 0 saturated heterocycles. The van der Waals surface area contributed by atoms with Gasteiger partial charge in [0, 0.05) is 17.0 Å². The van der Waals surface area contributed by atoms with Gasteiger partial charge < -0.3 is 5.73 Å². The molecule has 3 heteroatoms. The second-order valence-corrected chi connectivity index (χ2v) is 3.97. The lowest BCUT2D eigenvalue weighted by molar-refractivity contribution is 0.0979. The molecule has 2 N–H and O–H groups in total. The number of nitrogens with two attached hydrogens (primary N) is 1. The van der Waals surface area contributed by atoms with Crippen LogP contribution in [0, 0.1) is 0 Å². The Morgan fingerprint density at radius 2 is 1.80 bits per heavy atom. The van der Waals surface area contributed by atoms with Crippen LogP contribution in [0.4, 0.5) is 0 Å². The second-order valence-electron chi connectivity index (χ2n) is 3.53.